The molecule has 2 aromatic heterocycles. The summed E-state index contributed by atoms with van der Waals surface area (Å²) in [6, 6.07) is 7.96. The number of anilines is 1. The fourth-order valence-electron chi connectivity index (χ4n) is 1.35. The number of pyridine rings is 2. The molecule has 0 aliphatic heterocycles. The van der Waals surface area contributed by atoms with Gasteiger partial charge in [-0.25, -0.2) is 0 Å². The average Bonchev–Trinajstić information content (AvgIpc) is 2.28. The number of aryl methyl sites for hydroxylation is 1. The van der Waals surface area contributed by atoms with Gasteiger partial charge in [-0.2, -0.15) is 0 Å². The summed E-state index contributed by atoms with van der Waals surface area (Å²) in [5.74, 6) is 0. The molecule has 0 atom stereocenters. The molecule has 0 unspecified atom stereocenters. The number of nitrogens with zero attached hydrogens (tertiary/aromatic N) is 2. The predicted octanol–water partition coefficient (Wildman–Crippen LogP) is 2.40. The zero-order chi connectivity index (χ0) is 10.5. The first-order chi connectivity index (χ1) is 7.34. The van der Waals surface area contributed by atoms with Crippen molar-refractivity contribution < 1.29 is 0 Å². The van der Waals surface area contributed by atoms with E-state index in [1.807, 2.05) is 37.5 Å². The lowest BCUT2D eigenvalue weighted by Gasteiger charge is -2.05. The fourth-order valence-corrected chi connectivity index (χ4v) is 1.35. The molecule has 0 aromatic carbocycles. The molecule has 2 heterocycles. The number of hydrogen-bond donors (Lipinski definition) is 1. The van der Waals surface area contributed by atoms with Crippen molar-refractivity contribution in [1.29, 1.82) is 0 Å². The van der Waals surface area contributed by atoms with Crippen LogP contribution < -0.4 is 5.32 Å². The summed E-state index contributed by atoms with van der Waals surface area (Å²) >= 11 is 0. The molecule has 76 valence electrons. The highest BCUT2D eigenvalue weighted by molar-refractivity contribution is 5.42. The second-order valence-electron chi connectivity index (χ2n) is 3.43. The first kappa shape index (κ1) is 9.65. The van der Waals surface area contributed by atoms with Gasteiger partial charge in [0.05, 0.1) is 17.9 Å². The normalized spacial score (nSPS) is 9.93. The molecule has 3 heteroatoms. The Morgan fingerprint density at radius 2 is 2.20 bits per heavy atom. The van der Waals surface area contributed by atoms with E-state index in [-0.39, 0.29) is 0 Å². The van der Waals surface area contributed by atoms with E-state index >= 15 is 0 Å². The van der Waals surface area contributed by atoms with E-state index in [2.05, 4.69) is 21.4 Å². The minimum absolute atomic E-state index is 0.728. The average molecular weight is 199 g/mol. The standard InChI is InChI=1S/C12H13N3/c1-10-6-12(8-13-7-10)15-9-11-4-2-3-5-14-11/h2-8,15H,9H2,1H3. The summed E-state index contributed by atoms with van der Waals surface area (Å²) in [6.45, 7) is 2.75. The molecular formula is C12H13N3. The van der Waals surface area contributed by atoms with Gasteiger partial charge in [0.15, 0.2) is 0 Å². The molecule has 0 saturated carbocycles. The molecule has 0 bridgehead atoms. The van der Waals surface area contributed by atoms with Gasteiger partial charge in [0.1, 0.15) is 0 Å². The van der Waals surface area contributed by atoms with Crippen LogP contribution in [-0.2, 0) is 6.54 Å². The highest BCUT2D eigenvalue weighted by Crippen LogP contribution is 2.08. The first-order valence-corrected chi connectivity index (χ1v) is 4.90. The summed E-state index contributed by atoms with van der Waals surface area (Å²) in [7, 11) is 0. The van der Waals surface area contributed by atoms with Gasteiger partial charge in [0, 0.05) is 18.6 Å². The van der Waals surface area contributed by atoms with Crippen molar-refractivity contribution in [3.63, 3.8) is 0 Å². The van der Waals surface area contributed by atoms with Crippen LogP contribution in [0.4, 0.5) is 5.69 Å². The maximum absolute atomic E-state index is 4.23. The minimum atomic E-state index is 0.728. The molecule has 2 aromatic rings. The number of rotatable bonds is 3. The van der Waals surface area contributed by atoms with E-state index in [4.69, 9.17) is 0 Å². The maximum Gasteiger partial charge on any atom is 0.0594 e. The molecule has 0 aliphatic carbocycles. The quantitative estimate of drug-likeness (QED) is 0.824. The van der Waals surface area contributed by atoms with E-state index in [1.165, 1.54) is 0 Å². The summed E-state index contributed by atoms with van der Waals surface area (Å²) in [6.07, 6.45) is 5.45. The lowest BCUT2D eigenvalue weighted by atomic mass is 10.3. The smallest absolute Gasteiger partial charge is 0.0594 e. The van der Waals surface area contributed by atoms with Gasteiger partial charge >= 0.3 is 0 Å². The molecule has 0 amide bonds. The Kier molecular flexibility index (Phi) is 2.93. The summed E-state index contributed by atoms with van der Waals surface area (Å²) in [4.78, 5) is 8.35. The van der Waals surface area contributed by atoms with Crippen molar-refractivity contribution >= 4 is 5.69 Å². The third kappa shape index (κ3) is 2.77. The van der Waals surface area contributed by atoms with Crippen LogP contribution in [0, 0.1) is 6.92 Å². The van der Waals surface area contributed by atoms with Crippen molar-refractivity contribution in [3.05, 3.63) is 54.1 Å². The Hall–Kier alpha value is -1.90. The summed E-state index contributed by atoms with van der Waals surface area (Å²) < 4.78 is 0. The Balaban J connectivity index is 1.99. The highest BCUT2D eigenvalue weighted by atomic mass is 14.9. The molecule has 2 rings (SSSR count). The zero-order valence-electron chi connectivity index (χ0n) is 8.64. The lowest BCUT2D eigenvalue weighted by Crippen LogP contribution is -2.01. The second-order valence-corrected chi connectivity index (χ2v) is 3.43. The van der Waals surface area contributed by atoms with E-state index in [0.29, 0.717) is 0 Å². The van der Waals surface area contributed by atoms with Gasteiger partial charge in [0.25, 0.3) is 0 Å². The van der Waals surface area contributed by atoms with Gasteiger partial charge in [0.2, 0.25) is 0 Å². The summed E-state index contributed by atoms with van der Waals surface area (Å²) in [5, 5.41) is 3.28. The van der Waals surface area contributed by atoms with E-state index in [1.54, 1.807) is 6.20 Å². The van der Waals surface area contributed by atoms with Crippen LogP contribution in [0.5, 0.6) is 0 Å². The van der Waals surface area contributed by atoms with Crippen molar-refractivity contribution in [2.24, 2.45) is 0 Å². The SMILES string of the molecule is Cc1cncc(NCc2ccccn2)c1. The van der Waals surface area contributed by atoms with Crippen LogP contribution in [0.15, 0.2) is 42.9 Å². The molecule has 0 saturated heterocycles. The molecular weight excluding hydrogens is 186 g/mol. The van der Waals surface area contributed by atoms with E-state index < -0.39 is 0 Å². The van der Waals surface area contributed by atoms with Crippen molar-refractivity contribution in [1.82, 2.24) is 9.97 Å². The number of aromatic nitrogens is 2. The van der Waals surface area contributed by atoms with Crippen LogP contribution in [0.1, 0.15) is 11.3 Å². The third-order valence-electron chi connectivity index (χ3n) is 2.07. The molecule has 15 heavy (non-hydrogen) atoms. The van der Waals surface area contributed by atoms with Crippen molar-refractivity contribution in [2.45, 2.75) is 13.5 Å². The molecule has 0 aliphatic rings. The monoisotopic (exact) mass is 199 g/mol. The third-order valence-corrected chi connectivity index (χ3v) is 2.07. The maximum atomic E-state index is 4.23. The van der Waals surface area contributed by atoms with Gasteiger partial charge < -0.3 is 5.32 Å². The number of hydrogen-bond acceptors (Lipinski definition) is 3. The van der Waals surface area contributed by atoms with E-state index in [0.717, 1.165) is 23.5 Å². The molecule has 0 fully saturated rings. The topological polar surface area (TPSA) is 37.8 Å². The Morgan fingerprint density at radius 3 is 2.93 bits per heavy atom. The largest absolute Gasteiger partial charge is 0.378 e. The number of nitrogens with one attached hydrogen (secondary N) is 1. The van der Waals surface area contributed by atoms with Gasteiger partial charge in [-0.05, 0) is 30.7 Å². The minimum Gasteiger partial charge on any atom is -0.378 e. The zero-order valence-corrected chi connectivity index (χ0v) is 8.64. The van der Waals surface area contributed by atoms with Crippen LogP contribution in [0.3, 0.4) is 0 Å². The molecule has 0 radical (unpaired) electrons. The van der Waals surface area contributed by atoms with E-state index in [9.17, 15) is 0 Å². The lowest BCUT2D eigenvalue weighted by molar-refractivity contribution is 1.04. The Morgan fingerprint density at radius 1 is 1.27 bits per heavy atom. The van der Waals surface area contributed by atoms with Crippen LogP contribution in [0.25, 0.3) is 0 Å². The first-order valence-electron chi connectivity index (χ1n) is 4.90. The van der Waals surface area contributed by atoms with Crippen LogP contribution in [0.2, 0.25) is 0 Å². The molecule has 1 N–H and O–H groups in total. The van der Waals surface area contributed by atoms with Crippen molar-refractivity contribution in [2.75, 3.05) is 5.32 Å². The molecule has 3 nitrogen and oxygen atoms in total. The summed E-state index contributed by atoms with van der Waals surface area (Å²) in [5.41, 5.74) is 3.21. The Labute approximate surface area is 89.2 Å². The molecule has 0 spiro atoms. The van der Waals surface area contributed by atoms with Crippen molar-refractivity contribution in [3.8, 4) is 0 Å². The second kappa shape index (κ2) is 4.55. The van der Waals surface area contributed by atoms with Crippen LogP contribution in [-0.4, -0.2) is 9.97 Å². The highest BCUT2D eigenvalue weighted by Gasteiger charge is 1.94. The fraction of sp³-hybridized carbons (Fsp3) is 0.167. The van der Waals surface area contributed by atoms with Gasteiger partial charge in [-0.3, -0.25) is 9.97 Å². The predicted molar refractivity (Wildman–Crippen MR) is 60.5 cm³/mol. The van der Waals surface area contributed by atoms with Gasteiger partial charge in [-0.15, -0.1) is 0 Å². The van der Waals surface area contributed by atoms with Gasteiger partial charge in [-0.1, -0.05) is 6.07 Å². The Bertz CT molecular complexity index is 426. The van der Waals surface area contributed by atoms with Crippen LogP contribution >= 0.6 is 0 Å².